The minimum Gasteiger partial charge on any atom is -0.465 e. The van der Waals surface area contributed by atoms with Crippen LogP contribution in [0.4, 0.5) is 17.2 Å². The van der Waals surface area contributed by atoms with Gasteiger partial charge in [0.2, 0.25) is 0 Å². The number of rotatable bonds is 9. The molecule has 8 heteroatoms. The summed E-state index contributed by atoms with van der Waals surface area (Å²) in [6, 6.07) is 10.0. The summed E-state index contributed by atoms with van der Waals surface area (Å²) in [6.45, 7) is 1.48. The van der Waals surface area contributed by atoms with E-state index in [4.69, 9.17) is 0 Å². The van der Waals surface area contributed by atoms with Gasteiger partial charge in [0.05, 0.1) is 12.0 Å². The Bertz CT molecular complexity index is 722. The first kappa shape index (κ1) is 18.2. The van der Waals surface area contributed by atoms with Crippen LogP contribution >= 0.6 is 0 Å². The van der Waals surface area contributed by atoms with Crippen molar-refractivity contribution >= 4 is 23.2 Å². The molecule has 1 heterocycles. The summed E-state index contributed by atoms with van der Waals surface area (Å²) in [7, 11) is 1.20. The molecular weight excluding hydrogens is 324 g/mol. The Kier molecular flexibility index (Phi) is 6.70. The summed E-state index contributed by atoms with van der Waals surface area (Å²) in [6.07, 6.45) is 3.56. The van der Waals surface area contributed by atoms with Crippen LogP contribution in [0, 0.1) is 10.1 Å². The van der Waals surface area contributed by atoms with Gasteiger partial charge < -0.3 is 15.4 Å². The third-order valence-corrected chi connectivity index (χ3v) is 3.50. The molecule has 0 saturated heterocycles. The second-order valence-electron chi connectivity index (χ2n) is 5.26. The number of unbranched alkanes of at least 4 members (excludes halogenated alkanes) is 1. The Morgan fingerprint density at radius 3 is 2.60 bits per heavy atom. The Morgan fingerprint density at radius 2 is 1.96 bits per heavy atom. The van der Waals surface area contributed by atoms with E-state index in [1.165, 1.54) is 19.2 Å². The number of nitro benzene ring substituents is 1. The van der Waals surface area contributed by atoms with Gasteiger partial charge in [0.25, 0.3) is 5.69 Å². The van der Waals surface area contributed by atoms with E-state index in [1.807, 2.05) is 18.2 Å². The molecule has 0 radical (unpaired) electrons. The average molecular weight is 344 g/mol. The molecule has 0 fully saturated rings. The quantitative estimate of drug-likeness (QED) is 0.311. The van der Waals surface area contributed by atoms with E-state index < -0.39 is 10.9 Å². The number of methoxy groups -OCH3 is 1. The van der Waals surface area contributed by atoms with Crippen LogP contribution in [0.1, 0.15) is 23.2 Å². The zero-order valence-corrected chi connectivity index (χ0v) is 13.9. The lowest BCUT2D eigenvalue weighted by molar-refractivity contribution is -0.385. The highest BCUT2D eigenvalue weighted by Crippen LogP contribution is 2.23. The summed E-state index contributed by atoms with van der Waals surface area (Å²) in [5, 5.41) is 17.3. The second-order valence-corrected chi connectivity index (χ2v) is 5.26. The second kappa shape index (κ2) is 9.21. The third-order valence-electron chi connectivity index (χ3n) is 3.50. The molecule has 0 spiro atoms. The number of anilines is 2. The van der Waals surface area contributed by atoms with Crippen molar-refractivity contribution in [1.29, 1.82) is 0 Å². The van der Waals surface area contributed by atoms with Gasteiger partial charge >= 0.3 is 5.97 Å². The molecule has 0 aliphatic heterocycles. The average Bonchev–Trinajstić information content (AvgIpc) is 2.64. The van der Waals surface area contributed by atoms with Crippen molar-refractivity contribution in [3.05, 3.63) is 58.3 Å². The molecule has 2 N–H and O–H groups in total. The summed E-state index contributed by atoms with van der Waals surface area (Å²) < 4.78 is 4.60. The predicted octanol–water partition coefficient (Wildman–Crippen LogP) is 3.08. The molecule has 0 aliphatic carbocycles. The molecule has 2 aromatic rings. The van der Waals surface area contributed by atoms with Gasteiger partial charge in [-0.25, -0.2) is 9.78 Å². The van der Waals surface area contributed by atoms with Crippen LogP contribution in [-0.2, 0) is 4.74 Å². The van der Waals surface area contributed by atoms with E-state index in [0.717, 1.165) is 25.2 Å². The van der Waals surface area contributed by atoms with Gasteiger partial charge in [-0.1, -0.05) is 6.07 Å². The maximum absolute atomic E-state index is 11.7. The Balaban J connectivity index is 1.80. The first-order valence-corrected chi connectivity index (χ1v) is 7.87. The van der Waals surface area contributed by atoms with E-state index in [9.17, 15) is 14.9 Å². The summed E-state index contributed by atoms with van der Waals surface area (Å²) in [5.41, 5.74) is 0.315. The summed E-state index contributed by atoms with van der Waals surface area (Å²) in [5.74, 6) is 0.114. The molecule has 0 bridgehead atoms. The van der Waals surface area contributed by atoms with Crippen molar-refractivity contribution in [1.82, 2.24) is 4.98 Å². The van der Waals surface area contributed by atoms with Crippen molar-refractivity contribution in [3.63, 3.8) is 0 Å². The maximum Gasteiger partial charge on any atom is 0.344 e. The number of pyridine rings is 1. The molecule has 1 aromatic carbocycles. The molecule has 2 rings (SSSR count). The molecule has 0 unspecified atom stereocenters. The standard InChI is InChI=1S/C17H20N4O4/c1-25-17(22)14-12-13(7-8-15(14)21(23)24)18-9-4-5-11-20-16-6-2-3-10-19-16/h2-3,6-8,10,12,18H,4-5,9,11H2,1H3,(H,19,20). The number of nitro groups is 1. The van der Waals surface area contributed by atoms with Crippen molar-refractivity contribution in [2.45, 2.75) is 12.8 Å². The Hall–Kier alpha value is -3.16. The fraction of sp³-hybridized carbons (Fsp3) is 0.294. The number of hydrogen-bond donors (Lipinski definition) is 2. The van der Waals surface area contributed by atoms with Crippen LogP contribution in [0.25, 0.3) is 0 Å². The van der Waals surface area contributed by atoms with E-state index >= 15 is 0 Å². The van der Waals surface area contributed by atoms with E-state index in [-0.39, 0.29) is 11.3 Å². The Labute approximate surface area is 145 Å². The highest BCUT2D eigenvalue weighted by Gasteiger charge is 2.21. The van der Waals surface area contributed by atoms with Crippen LogP contribution in [0.5, 0.6) is 0 Å². The normalized spacial score (nSPS) is 10.1. The molecular formula is C17H20N4O4. The van der Waals surface area contributed by atoms with Crippen molar-refractivity contribution in [2.24, 2.45) is 0 Å². The van der Waals surface area contributed by atoms with Crippen molar-refractivity contribution < 1.29 is 14.5 Å². The molecule has 132 valence electrons. The molecule has 25 heavy (non-hydrogen) atoms. The van der Waals surface area contributed by atoms with Gasteiger partial charge in [-0.2, -0.15) is 0 Å². The van der Waals surface area contributed by atoms with Gasteiger partial charge in [-0.05, 0) is 37.1 Å². The largest absolute Gasteiger partial charge is 0.465 e. The van der Waals surface area contributed by atoms with Crippen LogP contribution in [0.3, 0.4) is 0 Å². The Morgan fingerprint density at radius 1 is 1.20 bits per heavy atom. The number of esters is 1. The molecule has 0 atom stereocenters. The smallest absolute Gasteiger partial charge is 0.344 e. The molecule has 1 aromatic heterocycles. The van der Waals surface area contributed by atoms with E-state index in [0.29, 0.717) is 12.2 Å². The molecule has 0 amide bonds. The van der Waals surface area contributed by atoms with Crippen LogP contribution in [-0.4, -0.2) is 36.1 Å². The van der Waals surface area contributed by atoms with E-state index in [2.05, 4.69) is 20.4 Å². The molecule has 0 aliphatic rings. The monoisotopic (exact) mass is 344 g/mol. The van der Waals surface area contributed by atoms with Crippen LogP contribution in [0.15, 0.2) is 42.6 Å². The third kappa shape index (κ3) is 5.45. The topological polar surface area (TPSA) is 106 Å². The zero-order valence-electron chi connectivity index (χ0n) is 13.9. The highest BCUT2D eigenvalue weighted by molar-refractivity contribution is 5.95. The number of ether oxygens (including phenoxy) is 1. The summed E-state index contributed by atoms with van der Waals surface area (Å²) in [4.78, 5) is 26.2. The van der Waals surface area contributed by atoms with Crippen LogP contribution < -0.4 is 10.6 Å². The lowest BCUT2D eigenvalue weighted by Gasteiger charge is -2.09. The first-order chi connectivity index (χ1) is 12.1. The highest BCUT2D eigenvalue weighted by atomic mass is 16.6. The van der Waals surface area contributed by atoms with Gasteiger partial charge in [0.1, 0.15) is 11.4 Å². The van der Waals surface area contributed by atoms with E-state index in [1.54, 1.807) is 12.3 Å². The number of nitrogens with one attached hydrogen (secondary N) is 2. The number of benzene rings is 1. The van der Waals surface area contributed by atoms with Gasteiger partial charge in [-0.15, -0.1) is 0 Å². The molecule has 0 saturated carbocycles. The number of aromatic nitrogens is 1. The number of nitrogens with zero attached hydrogens (tertiary/aromatic N) is 2. The van der Waals surface area contributed by atoms with Crippen molar-refractivity contribution in [3.8, 4) is 0 Å². The number of carbonyl (C=O) groups excluding carboxylic acids is 1. The minimum atomic E-state index is -0.727. The zero-order chi connectivity index (χ0) is 18.1. The SMILES string of the molecule is COC(=O)c1cc(NCCCCNc2ccccn2)ccc1[N+](=O)[O-]. The number of hydrogen-bond acceptors (Lipinski definition) is 7. The fourth-order valence-corrected chi connectivity index (χ4v) is 2.25. The lowest BCUT2D eigenvalue weighted by Crippen LogP contribution is -2.09. The maximum atomic E-state index is 11.7. The number of carbonyl (C=O) groups is 1. The van der Waals surface area contributed by atoms with Gasteiger partial charge in [0, 0.05) is 31.0 Å². The van der Waals surface area contributed by atoms with Gasteiger partial charge in [0.15, 0.2) is 0 Å². The lowest BCUT2D eigenvalue weighted by atomic mass is 10.1. The van der Waals surface area contributed by atoms with Crippen molar-refractivity contribution in [2.75, 3.05) is 30.8 Å². The molecule has 8 nitrogen and oxygen atoms in total. The minimum absolute atomic E-state index is 0.0608. The van der Waals surface area contributed by atoms with Crippen LogP contribution in [0.2, 0.25) is 0 Å². The first-order valence-electron chi connectivity index (χ1n) is 7.87. The predicted molar refractivity (Wildman–Crippen MR) is 94.9 cm³/mol. The summed E-state index contributed by atoms with van der Waals surface area (Å²) >= 11 is 0. The fourth-order valence-electron chi connectivity index (χ4n) is 2.25. The van der Waals surface area contributed by atoms with Gasteiger partial charge in [-0.3, -0.25) is 10.1 Å².